The number of rotatable bonds is 58. The van der Waals surface area contributed by atoms with Crippen LogP contribution in [0.3, 0.4) is 0 Å². The number of unbranched alkanes of at least 4 members (excludes halogenated alkanes) is 31. The number of ether oxygens (including phenoxy) is 4. The highest BCUT2D eigenvalue weighted by Crippen LogP contribution is 2.30. The molecule has 2 rings (SSSR count). The molecule has 2 heterocycles. The van der Waals surface area contributed by atoms with E-state index in [1.165, 1.54) is 167 Å². The number of hydrogen-bond donors (Lipinski definition) is 9. The first kappa shape index (κ1) is 82.0. The Morgan fingerprint density at radius 2 is 0.775 bits per heavy atom. The predicted molar refractivity (Wildman–Crippen MR) is 364 cm³/mol. The molecule has 0 radical (unpaired) electrons. The minimum Gasteiger partial charge on any atom is -0.394 e. The average molecular weight is 1250 g/mol. The van der Waals surface area contributed by atoms with Gasteiger partial charge in [-0.2, -0.15) is 0 Å². The van der Waals surface area contributed by atoms with Gasteiger partial charge in [0.05, 0.1) is 32.0 Å². The fourth-order valence-corrected chi connectivity index (χ4v) is 11.3. The van der Waals surface area contributed by atoms with Crippen LogP contribution in [0.4, 0.5) is 0 Å². The molecule has 514 valence electrons. The van der Waals surface area contributed by atoms with E-state index < -0.39 is 86.8 Å². The molecule has 0 aliphatic carbocycles. The van der Waals surface area contributed by atoms with Gasteiger partial charge in [0, 0.05) is 6.42 Å². The van der Waals surface area contributed by atoms with Crippen LogP contribution in [-0.4, -0.2) is 140 Å². The van der Waals surface area contributed by atoms with Crippen molar-refractivity contribution < 1.29 is 64.6 Å². The molecule has 12 unspecified atom stereocenters. The maximum Gasteiger partial charge on any atom is 0.220 e. The van der Waals surface area contributed by atoms with Gasteiger partial charge in [-0.1, -0.05) is 291 Å². The Morgan fingerprint density at radius 3 is 1.19 bits per heavy atom. The summed E-state index contributed by atoms with van der Waals surface area (Å²) in [7, 11) is 0. The molecule has 9 N–H and O–H groups in total. The van der Waals surface area contributed by atoms with Crippen molar-refractivity contribution in [1.82, 2.24) is 5.32 Å². The van der Waals surface area contributed by atoms with Crippen LogP contribution >= 0.6 is 0 Å². The lowest BCUT2D eigenvalue weighted by molar-refractivity contribution is -0.359. The molecule has 89 heavy (non-hydrogen) atoms. The van der Waals surface area contributed by atoms with Crippen molar-refractivity contribution in [3.8, 4) is 0 Å². The second-order valence-corrected chi connectivity index (χ2v) is 25.0. The highest BCUT2D eigenvalue weighted by molar-refractivity contribution is 5.76. The van der Waals surface area contributed by atoms with Crippen molar-refractivity contribution >= 4 is 5.91 Å². The van der Waals surface area contributed by atoms with E-state index in [1.54, 1.807) is 6.08 Å². The second-order valence-electron chi connectivity index (χ2n) is 25.0. The average Bonchev–Trinajstić information content (AvgIpc) is 1.44. The number of hydrogen-bond acceptors (Lipinski definition) is 13. The zero-order valence-corrected chi connectivity index (χ0v) is 55.9. The van der Waals surface area contributed by atoms with Gasteiger partial charge >= 0.3 is 0 Å². The van der Waals surface area contributed by atoms with Gasteiger partial charge in [0.15, 0.2) is 12.6 Å². The topological polar surface area (TPSA) is 228 Å². The van der Waals surface area contributed by atoms with Gasteiger partial charge in [-0.05, 0) is 77.0 Å². The lowest BCUT2D eigenvalue weighted by Gasteiger charge is -2.46. The molecule has 0 aromatic rings. The first-order valence-electron chi connectivity index (χ1n) is 36.0. The molecule has 2 saturated heterocycles. The smallest absolute Gasteiger partial charge is 0.220 e. The van der Waals surface area contributed by atoms with Gasteiger partial charge < -0.3 is 65.1 Å². The molecule has 14 nitrogen and oxygen atoms in total. The summed E-state index contributed by atoms with van der Waals surface area (Å²) in [6, 6.07) is -0.920. The van der Waals surface area contributed by atoms with Crippen molar-refractivity contribution in [2.75, 3.05) is 19.8 Å². The quantitative estimate of drug-likeness (QED) is 0.0204. The minimum atomic E-state index is -1.79. The molecule has 0 spiro atoms. The largest absolute Gasteiger partial charge is 0.394 e. The van der Waals surface area contributed by atoms with Crippen LogP contribution < -0.4 is 5.32 Å². The minimum absolute atomic E-state index is 0.240. The van der Waals surface area contributed by atoms with Crippen LogP contribution in [0.5, 0.6) is 0 Å². The van der Waals surface area contributed by atoms with E-state index in [2.05, 4.69) is 104 Å². The van der Waals surface area contributed by atoms with Crippen molar-refractivity contribution in [2.24, 2.45) is 0 Å². The van der Waals surface area contributed by atoms with E-state index >= 15 is 0 Å². The Morgan fingerprint density at radius 1 is 0.416 bits per heavy atom. The third-order valence-electron chi connectivity index (χ3n) is 17.0. The maximum atomic E-state index is 13.3. The van der Waals surface area contributed by atoms with E-state index in [0.29, 0.717) is 6.42 Å². The molecule has 2 aliphatic rings. The summed E-state index contributed by atoms with van der Waals surface area (Å²) >= 11 is 0. The van der Waals surface area contributed by atoms with E-state index in [-0.39, 0.29) is 18.9 Å². The molecule has 1 amide bonds. The lowest BCUT2D eigenvalue weighted by atomic mass is 9.97. The molecule has 2 fully saturated rings. The summed E-state index contributed by atoms with van der Waals surface area (Å²) < 4.78 is 22.9. The first-order chi connectivity index (χ1) is 43.6. The molecule has 0 aromatic heterocycles. The number of nitrogens with one attached hydrogen (secondary N) is 1. The lowest BCUT2D eigenvalue weighted by Crippen LogP contribution is -2.65. The standard InChI is InChI=1S/C75H131NO13/c1-3-5-7-9-11-13-15-17-19-21-23-24-25-26-27-28-29-30-31-32-33-34-35-36-37-38-39-40-41-43-45-47-49-51-53-55-57-59-67(80)76-63(64(79)58-56-54-52-50-48-46-44-42-22-20-18-16-14-12-10-8-6-4-2)62-86-74-72(85)70(83)73(66(61-78)88-74)89-75-71(84)69(82)68(81)65(60-77)87-75/h5,7,11,13,17,19,23-24,26-27,29-30,32-33,56,58,63-66,68-75,77-79,81-85H,3-4,6,8-10,12,14-16,18,20-22,25,28,31,34-55,57,59-62H2,1-2H3,(H,76,80)/b7-5-,13-11-,19-17-,24-23-,27-26-,30-29-,33-32-,58-56+. The number of aliphatic hydroxyl groups excluding tert-OH is 8. The SMILES string of the molecule is CC/C=C\C/C=C\C/C=C\C/C=C\C/C=C\C/C=C\C/C=C\CCCCCCCCCCCCCCCCCC(=O)NC(COC1OC(CO)C(OC2OC(CO)C(O)C(O)C2O)C(O)C1O)C(O)/C=C/CCCCCCCCCCCCCCCCCC. The summed E-state index contributed by atoms with van der Waals surface area (Å²) in [6.07, 6.45) is 66.0. The number of carbonyl (C=O) groups is 1. The van der Waals surface area contributed by atoms with Crippen molar-refractivity contribution in [3.05, 3.63) is 97.2 Å². The van der Waals surface area contributed by atoms with Crippen LogP contribution in [-0.2, 0) is 23.7 Å². The van der Waals surface area contributed by atoms with Crippen LogP contribution in [0.2, 0.25) is 0 Å². The van der Waals surface area contributed by atoms with E-state index in [1.807, 2.05) is 6.08 Å². The van der Waals surface area contributed by atoms with Crippen molar-refractivity contribution in [1.29, 1.82) is 0 Å². The predicted octanol–water partition coefficient (Wildman–Crippen LogP) is 15.0. The number of aliphatic hydroxyl groups is 8. The Hall–Kier alpha value is -3.09. The van der Waals surface area contributed by atoms with E-state index in [0.717, 1.165) is 83.5 Å². The summed E-state index contributed by atoms with van der Waals surface area (Å²) in [5, 5.41) is 87.4. The summed E-state index contributed by atoms with van der Waals surface area (Å²) in [5.41, 5.74) is 0. The van der Waals surface area contributed by atoms with Gasteiger partial charge in [0.25, 0.3) is 0 Å². The molecule has 0 saturated carbocycles. The van der Waals surface area contributed by atoms with Gasteiger partial charge in [-0.15, -0.1) is 0 Å². The Bertz CT molecular complexity index is 1860. The Kier molecular flexibility index (Phi) is 54.1. The second kappa shape index (κ2) is 58.7. The normalized spacial score (nSPS) is 23.6. The molecular weight excluding hydrogens is 1120 g/mol. The highest BCUT2D eigenvalue weighted by Gasteiger charge is 2.51. The molecule has 0 bridgehead atoms. The number of carbonyl (C=O) groups excluding carboxylic acids is 1. The monoisotopic (exact) mass is 1250 g/mol. The molecular formula is C75H131NO13. The molecule has 0 aromatic carbocycles. The van der Waals surface area contributed by atoms with Gasteiger partial charge in [0.2, 0.25) is 5.91 Å². The fraction of sp³-hybridized carbons (Fsp3) is 0.773. The van der Waals surface area contributed by atoms with Gasteiger partial charge in [0.1, 0.15) is 48.8 Å². The third-order valence-corrected chi connectivity index (χ3v) is 17.0. The zero-order chi connectivity index (χ0) is 64.5. The van der Waals surface area contributed by atoms with Crippen molar-refractivity contribution in [3.63, 3.8) is 0 Å². The molecule has 2 aliphatic heterocycles. The van der Waals surface area contributed by atoms with E-state index in [4.69, 9.17) is 18.9 Å². The summed E-state index contributed by atoms with van der Waals surface area (Å²) in [6.45, 7) is 2.70. The fourth-order valence-electron chi connectivity index (χ4n) is 11.3. The molecule has 14 heteroatoms. The van der Waals surface area contributed by atoms with Crippen LogP contribution in [0, 0.1) is 0 Å². The summed E-state index contributed by atoms with van der Waals surface area (Å²) in [5.74, 6) is -0.240. The van der Waals surface area contributed by atoms with Crippen LogP contribution in [0.15, 0.2) is 97.2 Å². The Balaban J connectivity index is 1.62. The van der Waals surface area contributed by atoms with E-state index in [9.17, 15) is 45.6 Å². The van der Waals surface area contributed by atoms with Crippen LogP contribution in [0.25, 0.3) is 0 Å². The van der Waals surface area contributed by atoms with Gasteiger partial charge in [-0.3, -0.25) is 4.79 Å². The number of amides is 1. The zero-order valence-electron chi connectivity index (χ0n) is 55.9. The third kappa shape index (κ3) is 42.7. The maximum absolute atomic E-state index is 13.3. The van der Waals surface area contributed by atoms with Gasteiger partial charge in [-0.25, -0.2) is 0 Å². The number of allylic oxidation sites excluding steroid dienone is 15. The van der Waals surface area contributed by atoms with Crippen molar-refractivity contribution in [2.45, 2.75) is 351 Å². The summed E-state index contributed by atoms with van der Waals surface area (Å²) in [4.78, 5) is 13.3. The Labute approximate surface area is 541 Å². The van der Waals surface area contributed by atoms with Crippen LogP contribution in [0.1, 0.15) is 277 Å². The molecule has 12 atom stereocenters. The highest BCUT2D eigenvalue weighted by atomic mass is 16.7. The first-order valence-corrected chi connectivity index (χ1v) is 36.0.